The lowest BCUT2D eigenvalue weighted by atomic mass is 10.1. The SMILES string of the molecule is Cc1ccc(Oc2ccc(C(C)N)cc2)cc1. The smallest absolute Gasteiger partial charge is 0.127 e. The summed E-state index contributed by atoms with van der Waals surface area (Å²) in [7, 11) is 0. The average molecular weight is 227 g/mol. The molecule has 0 heterocycles. The lowest BCUT2D eigenvalue weighted by molar-refractivity contribution is 0.482. The third-order valence-corrected chi connectivity index (χ3v) is 2.66. The number of nitrogens with two attached hydrogens (primary N) is 1. The molecule has 0 saturated heterocycles. The van der Waals surface area contributed by atoms with Crippen molar-refractivity contribution < 1.29 is 4.74 Å². The summed E-state index contributed by atoms with van der Waals surface area (Å²) in [5, 5.41) is 0. The lowest BCUT2D eigenvalue weighted by Gasteiger charge is -2.08. The van der Waals surface area contributed by atoms with Crippen LogP contribution in [0.1, 0.15) is 24.1 Å². The molecule has 0 fully saturated rings. The van der Waals surface area contributed by atoms with Gasteiger partial charge in [-0.3, -0.25) is 0 Å². The Labute approximate surface area is 102 Å². The fraction of sp³-hybridized carbons (Fsp3) is 0.200. The van der Waals surface area contributed by atoms with E-state index in [1.165, 1.54) is 5.56 Å². The van der Waals surface area contributed by atoms with Crippen LogP contribution in [0.5, 0.6) is 11.5 Å². The topological polar surface area (TPSA) is 35.2 Å². The van der Waals surface area contributed by atoms with Crippen molar-refractivity contribution in [3.05, 3.63) is 59.7 Å². The zero-order valence-corrected chi connectivity index (χ0v) is 10.2. The first-order valence-electron chi connectivity index (χ1n) is 5.75. The van der Waals surface area contributed by atoms with Crippen molar-refractivity contribution in [2.75, 3.05) is 0 Å². The minimum absolute atomic E-state index is 0.0587. The summed E-state index contributed by atoms with van der Waals surface area (Å²) < 4.78 is 5.73. The Hall–Kier alpha value is -1.80. The summed E-state index contributed by atoms with van der Waals surface area (Å²) in [5.41, 5.74) is 8.13. The molecule has 0 radical (unpaired) electrons. The molecule has 2 aromatic rings. The predicted octanol–water partition coefficient (Wildman–Crippen LogP) is 3.81. The van der Waals surface area contributed by atoms with Crippen molar-refractivity contribution in [3.8, 4) is 11.5 Å². The monoisotopic (exact) mass is 227 g/mol. The van der Waals surface area contributed by atoms with Gasteiger partial charge in [0.25, 0.3) is 0 Å². The number of benzene rings is 2. The maximum absolute atomic E-state index is 5.79. The molecule has 2 aromatic carbocycles. The first-order chi connectivity index (χ1) is 8.15. The van der Waals surface area contributed by atoms with E-state index in [-0.39, 0.29) is 6.04 Å². The van der Waals surface area contributed by atoms with Gasteiger partial charge in [0.2, 0.25) is 0 Å². The van der Waals surface area contributed by atoms with Gasteiger partial charge >= 0.3 is 0 Å². The van der Waals surface area contributed by atoms with E-state index in [4.69, 9.17) is 10.5 Å². The van der Waals surface area contributed by atoms with Gasteiger partial charge in [0.1, 0.15) is 11.5 Å². The van der Waals surface area contributed by atoms with Crippen LogP contribution < -0.4 is 10.5 Å². The van der Waals surface area contributed by atoms with E-state index < -0.39 is 0 Å². The molecule has 0 saturated carbocycles. The fourth-order valence-electron chi connectivity index (χ4n) is 1.58. The van der Waals surface area contributed by atoms with E-state index in [9.17, 15) is 0 Å². The first kappa shape index (κ1) is 11.7. The van der Waals surface area contributed by atoms with Gasteiger partial charge in [0, 0.05) is 6.04 Å². The molecule has 2 heteroatoms. The maximum Gasteiger partial charge on any atom is 0.127 e. The second kappa shape index (κ2) is 5.02. The number of aryl methyl sites for hydroxylation is 1. The van der Waals surface area contributed by atoms with E-state index in [2.05, 4.69) is 6.92 Å². The largest absolute Gasteiger partial charge is 0.457 e. The molecule has 88 valence electrons. The lowest BCUT2D eigenvalue weighted by Crippen LogP contribution is -2.04. The average Bonchev–Trinajstić information content (AvgIpc) is 2.33. The van der Waals surface area contributed by atoms with E-state index in [0.29, 0.717) is 0 Å². The Morgan fingerprint density at radius 1 is 0.882 bits per heavy atom. The molecular formula is C15H17NO. The molecule has 0 aliphatic rings. The van der Waals surface area contributed by atoms with E-state index in [1.54, 1.807) is 0 Å². The summed E-state index contributed by atoms with van der Waals surface area (Å²) in [5.74, 6) is 1.68. The van der Waals surface area contributed by atoms with Gasteiger partial charge in [-0.15, -0.1) is 0 Å². The highest BCUT2D eigenvalue weighted by molar-refractivity contribution is 5.34. The molecule has 2 rings (SSSR count). The summed E-state index contributed by atoms with van der Waals surface area (Å²) in [4.78, 5) is 0. The Balaban J connectivity index is 2.11. The van der Waals surface area contributed by atoms with Gasteiger partial charge in [-0.1, -0.05) is 29.8 Å². The Morgan fingerprint density at radius 2 is 1.35 bits per heavy atom. The maximum atomic E-state index is 5.79. The Bertz CT molecular complexity index is 471. The summed E-state index contributed by atoms with van der Waals surface area (Å²) in [6, 6.07) is 15.9. The van der Waals surface area contributed by atoms with E-state index in [1.807, 2.05) is 55.5 Å². The molecule has 0 bridgehead atoms. The van der Waals surface area contributed by atoms with Gasteiger partial charge in [-0.05, 0) is 43.7 Å². The zero-order chi connectivity index (χ0) is 12.3. The number of rotatable bonds is 3. The summed E-state index contributed by atoms with van der Waals surface area (Å²) >= 11 is 0. The van der Waals surface area contributed by atoms with Crippen LogP contribution in [-0.4, -0.2) is 0 Å². The van der Waals surface area contributed by atoms with Crippen LogP contribution in [0.15, 0.2) is 48.5 Å². The molecule has 1 unspecified atom stereocenters. The van der Waals surface area contributed by atoms with Gasteiger partial charge in [-0.2, -0.15) is 0 Å². The predicted molar refractivity (Wildman–Crippen MR) is 70.3 cm³/mol. The highest BCUT2D eigenvalue weighted by atomic mass is 16.5. The summed E-state index contributed by atoms with van der Waals surface area (Å²) in [6.07, 6.45) is 0. The minimum atomic E-state index is 0.0587. The van der Waals surface area contributed by atoms with Crippen molar-refractivity contribution >= 4 is 0 Å². The number of hydrogen-bond acceptors (Lipinski definition) is 2. The van der Waals surface area contributed by atoms with E-state index in [0.717, 1.165) is 17.1 Å². The first-order valence-corrected chi connectivity index (χ1v) is 5.75. The highest BCUT2D eigenvalue weighted by Crippen LogP contribution is 2.23. The van der Waals surface area contributed by atoms with Crippen LogP contribution in [0.4, 0.5) is 0 Å². The molecule has 1 atom stereocenters. The highest BCUT2D eigenvalue weighted by Gasteiger charge is 2.00. The van der Waals surface area contributed by atoms with Crippen molar-refractivity contribution in [1.29, 1.82) is 0 Å². The third-order valence-electron chi connectivity index (χ3n) is 2.66. The Morgan fingerprint density at radius 3 is 1.82 bits per heavy atom. The molecule has 0 aromatic heterocycles. The molecule has 2 N–H and O–H groups in total. The number of ether oxygens (including phenoxy) is 1. The van der Waals surface area contributed by atoms with Gasteiger partial charge < -0.3 is 10.5 Å². The quantitative estimate of drug-likeness (QED) is 0.865. The van der Waals surface area contributed by atoms with Crippen molar-refractivity contribution in [2.24, 2.45) is 5.73 Å². The minimum Gasteiger partial charge on any atom is -0.457 e. The third kappa shape index (κ3) is 3.08. The normalized spacial score (nSPS) is 12.2. The van der Waals surface area contributed by atoms with Gasteiger partial charge in [0.05, 0.1) is 0 Å². The van der Waals surface area contributed by atoms with E-state index >= 15 is 0 Å². The van der Waals surface area contributed by atoms with Crippen molar-refractivity contribution in [2.45, 2.75) is 19.9 Å². The molecule has 0 spiro atoms. The molecule has 2 nitrogen and oxygen atoms in total. The number of hydrogen-bond donors (Lipinski definition) is 1. The van der Waals surface area contributed by atoms with Gasteiger partial charge in [0.15, 0.2) is 0 Å². The zero-order valence-electron chi connectivity index (χ0n) is 10.2. The fourth-order valence-corrected chi connectivity index (χ4v) is 1.58. The molecular weight excluding hydrogens is 210 g/mol. The van der Waals surface area contributed by atoms with Crippen LogP contribution in [0.25, 0.3) is 0 Å². The van der Waals surface area contributed by atoms with Crippen LogP contribution in [0, 0.1) is 6.92 Å². The van der Waals surface area contributed by atoms with Crippen LogP contribution >= 0.6 is 0 Å². The summed E-state index contributed by atoms with van der Waals surface area (Å²) in [6.45, 7) is 4.02. The van der Waals surface area contributed by atoms with Crippen molar-refractivity contribution in [1.82, 2.24) is 0 Å². The molecule has 17 heavy (non-hydrogen) atoms. The second-order valence-corrected chi connectivity index (χ2v) is 4.27. The standard InChI is InChI=1S/C15H17NO/c1-11-3-7-14(8-4-11)17-15-9-5-13(6-10-15)12(2)16/h3-10,12H,16H2,1-2H3. The van der Waals surface area contributed by atoms with Crippen LogP contribution in [0.3, 0.4) is 0 Å². The molecule has 0 amide bonds. The van der Waals surface area contributed by atoms with Gasteiger partial charge in [-0.25, -0.2) is 0 Å². The second-order valence-electron chi connectivity index (χ2n) is 4.27. The van der Waals surface area contributed by atoms with Crippen molar-refractivity contribution in [3.63, 3.8) is 0 Å². The van der Waals surface area contributed by atoms with Crippen LogP contribution in [0.2, 0.25) is 0 Å². The van der Waals surface area contributed by atoms with Crippen LogP contribution in [-0.2, 0) is 0 Å². The molecule has 0 aliphatic carbocycles. The Kier molecular flexibility index (Phi) is 3.45. The molecule has 0 aliphatic heterocycles.